The first-order valence-corrected chi connectivity index (χ1v) is 9.71. The Balaban J connectivity index is 1.72. The first-order valence-electron chi connectivity index (χ1n) is 9.71. The minimum absolute atomic E-state index is 0.0506. The summed E-state index contributed by atoms with van der Waals surface area (Å²) in [5.41, 5.74) is 1.92. The molecule has 32 heavy (non-hydrogen) atoms. The maximum absolute atomic E-state index is 13.4. The molecular weight excluding hydrogens is 419 g/mol. The molecule has 0 aliphatic carbocycles. The first kappa shape index (κ1) is 21.2. The van der Waals surface area contributed by atoms with Gasteiger partial charge in [0.2, 0.25) is 0 Å². The Morgan fingerprint density at radius 3 is 2.38 bits per heavy atom. The van der Waals surface area contributed by atoms with Gasteiger partial charge >= 0.3 is 6.61 Å². The Kier molecular flexibility index (Phi) is 6.21. The summed E-state index contributed by atoms with van der Waals surface area (Å²) < 4.78 is 45.1. The van der Waals surface area contributed by atoms with Crippen LogP contribution in [0.3, 0.4) is 0 Å². The van der Waals surface area contributed by atoms with Gasteiger partial charge < -0.3 is 14.6 Å². The van der Waals surface area contributed by atoms with Gasteiger partial charge in [-0.05, 0) is 42.0 Å². The van der Waals surface area contributed by atoms with E-state index in [0.717, 1.165) is 5.56 Å². The SMILES string of the molecule is O=C(Nc1c(-c2ccc(F)cc2)ncn1Cc1ccccc1)c1ccccc1OC(F)F. The van der Waals surface area contributed by atoms with Crippen molar-refractivity contribution in [2.45, 2.75) is 13.2 Å². The number of para-hydroxylation sites is 1. The molecule has 8 heteroatoms. The number of ether oxygens (including phenoxy) is 1. The molecule has 0 unspecified atom stereocenters. The number of hydrogen-bond acceptors (Lipinski definition) is 3. The van der Waals surface area contributed by atoms with Crippen LogP contribution in [-0.2, 0) is 6.54 Å². The molecule has 1 heterocycles. The zero-order valence-electron chi connectivity index (χ0n) is 16.7. The van der Waals surface area contributed by atoms with Crippen molar-refractivity contribution in [2.75, 3.05) is 5.32 Å². The Labute approximate surface area is 182 Å². The molecule has 162 valence electrons. The zero-order valence-corrected chi connectivity index (χ0v) is 16.7. The van der Waals surface area contributed by atoms with Crippen molar-refractivity contribution < 1.29 is 22.7 Å². The fourth-order valence-electron chi connectivity index (χ4n) is 3.26. The Hall–Kier alpha value is -4.07. The second-order valence-corrected chi connectivity index (χ2v) is 6.89. The van der Waals surface area contributed by atoms with E-state index >= 15 is 0 Å². The first-order chi connectivity index (χ1) is 15.5. The Morgan fingerprint density at radius 2 is 1.66 bits per heavy atom. The minimum atomic E-state index is -3.07. The maximum Gasteiger partial charge on any atom is 0.387 e. The zero-order chi connectivity index (χ0) is 22.5. The van der Waals surface area contributed by atoms with Crippen LogP contribution in [0.15, 0.2) is 85.2 Å². The lowest BCUT2D eigenvalue weighted by atomic mass is 10.1. The number of hydrogen-bond donors (Lipinski definition) is 1. The van der Waals surface area contributed by atoms with Gasteiger partial charge in [0.1, 0.15) is 23.1 Å². The molecule has 0 bridgehead atoms. The Morgan fingerprint density at radius 1 is 0.969 bits per heavy atom. The van der Waals surface area contributed by atoms with E-state index in [1.165, 1.54) is 30.3 Å². The van der Waals surface area contributed by atoms with E-state index in [2.05, 4.69) is 15.0 Å². The number of carbonyl (C=O) groups is 1. The van der Waals surface area contributed by atoms with E-state index in [1.807, 2.05) is 30.3 Å². The van der Waals surface area contributed by atoms with Crippen molar-refractivity contribution in [1.82, 2.24) is 9.55 Å². The number of imidazole rings is 1. The lowest BCUT2D eigenvalue weighted by Crippen LogP contribution is -2.18. The van der Waals surface area contributed by atoms with Gasteiger partial charge in [0.15, 0.2) is 0 Å². The van der Waals surface area contributed by atoms with Crippen LogP contribution in [0, 0.1) is 5.82 Å². The molecule has 0 saturated carbocycles. The number of anilines is 1. The number of nitrogens with zero attached hydrogens (tertiary/aromatic N) is 2. The molecule has 0 saturated heterocycles. The highest BCUT2D eigenvalue weighted by Gasteiger charge is 2.20. The third-order valence-corrected chi connectivity index (χ3v) is 4.73. The number of aromatic nitrogens is 2. The van der Waals surface area contributed by atoms with E-state index in [0.29, 0.717) is 23.6 Å². The standard InChI is InChI=1S/C24H18F3N3O2/c25-18-12-10-17(11-13-18)21-22(30(15-28-21)14-16-6-2-1-3-7-16)29-23(31)19-8-4-5-9-20(19)32-24(26)27/h1-13,15,24H,14H2,(H,29,31). The molecule has 5 nitrogen and oxygen atoms in total. The molecule has 0 atom stereocenters. The average molecular weight is 437 g/mol. The Bertz CT molecular complexity index is 1210. The van der Waals surface area contributed by atoms with Crippen LogP contribution in [0.5, 0.6) is 5.75 Å². The van der Waals surface area contributed by atoms with Crippen molar-refractivity contribution in [2.24, 2.45) is 0 Å². The van der Waals surface area contributed by atoms with Crippen molar-refractivity contribution in [3.63, 3.8) is 0 Å². The van der Waals surface area contributed by atoms with Crippen LogP contribution in [0.1, 0.15) is 15.9 Å². The number of benzene rings is 3. The molecule has 0 fully saturated rings. The highest BCUT2D eigenvalue weighted by molar-refractivity contribution is 6.07. The smallest absolute Gasteiger partial charge is 0.387 e. The van der Waals surface area contributed by atoms with Crippen molar-refractivity contribution in [3.8, 4) is 17.0 Å². The fourth-order valence-corrected chi connectivity index (χ4v) is 3.26. The summed E-state index contributed by atoms with van der Waals surface area (Å²) >= 11 is 0. The van der Waals surface area contributed by atoms with Gasteiger partial charge in [0.25, 0.3) is 5.91 Å². The van der Waals surface area contributed by atoms with Crippen LogP contribution < -0.4 is 10.1 Å². The summed E-state index contributed by atoms with van der Waals surface area (Å²) in [6.07, 6.45) is 1.56. The molecule has 0 aliphatic rings. The lowest BCUT2D eigenvalue weighted by molar-refractivity contribution is -0.0501. The summed E-state index contributed by atoms with van der Waals surface area (Å²) in [7, 11) is 0. The summed E-state index contributed by atoms with van der Waals surface area (Å²) in [6, 6.07) is 21.0. The quantitative estimate of drug-likeness (QED) is 0.410. The molecular formula is C24H18F3N3O2. The van der Waals surface area contributed by atoms with E-state index in [4.69, 9.17) is 0 Å². The number of alkyl halides is 2. The predicted octanol–water partition coefficient (Wildman–Crippen LogP) is 5.59. The largest absolute Gasteiger partial charge is 0.434 e. The molecule has 0 radical (unpaired) electrons. The number of carbonyl (C=O) groups excluding carboxylic acids is 1. The van der Waals surface area contributed by atoms with Crippen molar-refractivity contribution >= 4 is 11.7 Å². The van der Waals surface area contributed by atoms with Gasteiger partial charge in [0.05, 0.1) is 18.4 Å². The number of halogens is 3. The van der Waals surface area contributed by atoms with Crippen LogP contribution in [-0.4, -0.2) is 22.1 Å². The maximum atomic E-state index is 13.4. The predicted molar refractivity (Wildman–Crippen MR) is 114 cm³/mol. The van der Waals surface area contributed by atoms with Crippen LogP contribution in [0.25, 0.3) is 11.3 Å². The van der Waals surface area contributed by atoms with Crippen molar-refractivity contribution in [3.05, 3.63) is 102 Å². The molecule has 0 aliphatic heterocycles. The highest BCUT2D eigenvalue weighted by atomic mass is 19.3. The van der Waals surface area contributed by atoms with Gasteiger partial charge in [0, 0.05) is 5.56 Å². The second kappa shape index (κ2) is 9.38. The average Bonchev–Trinajstić information content (AvgIpc) is 3.17. The van der Waals surface area contributed by atoms with Gasteiger partial charge in [-0.1, -0.05) is 42.5 Å². The monoisotopic (exact) mass is 437 g/mol. The minimum Gasteiger partial charge on any atom is -0.434 e. The van der Waals surface area contributed by atoms with Gasteiger partial charge in [-0.3, -0.25) is 4.79 Å². The molecule has 1 amide bonds. The van der Waals surface area contributed by atoms with E-state index < -0.39 is 18.3 Å². The van der Waals surface area contributed by atoms with E-state index in [9.17, 15) is 18.0 Å². The normalized spacial score (nSPS) is 10.9. The fraction of sp³-hybridized carbons (Fsp3) is 0.0833. The number of rotatable bonds is 7. The summed E-state index contributed by atoms with van der Waals surface area (Å²) in [6.45, 7) is -2.66. The third kappa shape index (κ3) is 4.80. The highest BCUT2D eigenvalue weighted by Crippen LogP contribution is 2.29. The second-order valence-electron chi connectivity index (χ2n) is 6.89. The molecule has 4 rings (SSSR count). The summed E-state index contributed by atoms with van der Waals surface area (Å²) in [4.78, 5) is 17.4. The third-order valence-electron chi connectivity index (χ3n) is 4.73. The molecule has 1 N–H and O–H groups in total. The molecule has 0 spiro atoms. The molecule has 4 aromatic rings. The van der Waals surface area contributed by atoms with Crippen molar-refractivity contribution in [1.29, 1.82) is 0 Å². The summed E-state index contributed by atoms with van der Waals surface area (Å²) in [5, 5.41) is 2.77. The lowest BCUT2D eigenvalue weighted by Gasteiger charge is -2.14. The van der Waals surface area contributed by atoms with E-state index in [-0.39, 0.29) is 11.3 Å². The molecule has 3 aromatic carbocycles. The van der Waals surface area contributed by atoms with Gasteiger partial charge in [-0.25, -0.2) is 9.37 Å². The van der Waals surface area contributed by atoms with Crippen LogP contribution in [0.2, 0.25) is 0 Å². The van der Waals surface area contributed by atoms with Gasteiger partial charge in [-0.15, -0.1) is 0 Å². The number of amides is 1. The van der Waals surface area contributed by atoms with Crippen LogP contribution >= 0.6 is 0 Å². The summed E-state index contributed by atoms with van der Waals surface area (Å²) in [5.74, 6) is -0.935. The molecule has 1 aromatic heterocycles. The van der Waals surface area contributed by atoms with Crippen LogP contribution in [0.4, 0.5) is 19.0 Å². The van der Waals surface area contributed by atoms with Gasteiger partial charge in [-0.2, -0.15) is 8.78 Å². The van der Waals surface area contributed by atoms with E-state index in [1.54, 1.807) is 29.1 Å². The topological polar surface area (TPSA) is 56.2 Å². The number of nitrogens with one attached hydrogen (secondary N) is 1.